The average molecular weight is 305 g/mol. The Morgan fingerprint density at radius 3 is 2.77 bits per heavy atom. The van der Waals surface area contributed by atoms with E-state index in [1.807, 2.05) is 45.0 Å². The van der Waals surface area contributed by atoms with Gasteiger partial charge < -0.3 is 15.2 Å². The minimum atomic E-state index is -0.0953. The Morgan fingerprint density at radius 2 is 2.14 bits per heavy atom. The van der Waals surface area contributed by atoms with E-state index in [0.717, 1.165) is 29.7 Å². The third-order valence-corrected chi connectivity index (χ3v) is 3.63. The zero-order chi connectivity index (χ0) is 16.6. The number of hydrogen-bond donors (Lipinski definition) is 2. The summed E-state index contributed by atoms with van der Waals surface area (Å²) in [5, 5.41) is 12.1. The van der Waals surface area contributed by atoms with E-state index in [2.05, 4.69) is 5.32 Å². The molecule has 0 bridgehead atoms. The molecule has 4 heteroatoms. The highest BCUT2D eigenvalue weighted by Gasteiger charge is 2.15. The lowest BCUT2D eigenvalue weighted by molar-refractivity contribution is -0.116. The highest BCUT2D eigenvalue weighted by Crippen LogP contribution is 2.21. The Bertz CT molecular complexity index is 521. The zero-order valence-corrected chi connectivity index (χ0v) is 14.0. The van der Waals surface area contributed by atoms with Crippen molar-refractivity contribution in [1.29, 1.82) is 0 Å². The quantitative estimate of drug-likeness (QED) is 0.573. The number of rotatable bonds is 8. The van der Waals surface area contributed by atoms with Crippen molar-refractivity contribution in [3.05, 3.63) is 35.9 Å². The summed E-state index contributed by atoms with van der Waals surface area (Å²) < 4.78 is 5.18. The molecular formula is C18H27NO3. The van der Waals surface area contributed by atoms with E-state index in [0.29, 0.717) is 6.54 Å². The topological polar surface area (TPSA) is 58.6 Å². The number of methoxy groups -OCH3 is 1. The molecular weight excluding hydrogens is 278 g/mol. The first-order chi connectivity index (χ1) is 10.4. The third-order valence-electron chi connectivity index (χ3n) is 3.63. The van der Waals surface area contributed by atoms with Gasteiger partial charge in [0.1, 0.15) is 5.75 Å². The predicted molar refractivity (Wildman–Crippen MR) is 89.8 cm³/mol. The number of aliphatic hydroxyl groups is 1. The summed E-state index contributed by atoms with van der Waals surface area (Å²) in [4.78, 5) is 11.9. The van der Waals surface area contributed by atoms with E-state index >= 15 is 0 Å². The Kier molecular flexibility index (Phi) is 7.12. The van der Waals surface area contributed by atoms with Crippen molar-refractivity contribution < 1.29 is 14.6 Å². The number of benzene rings is 1. The Labute approximate surface area is 133 Å². The summed E-state index contributed by atoms with van der Waals surface area (Å²) in [6, 6.07) is 7.63. The molecule has 0 saturated carbocycles. The number of nitrogens with one attached hydrogen (secondary N) is 1. The molecule has 0 atom stereocenters. The van der Waals surface area contributed by atoms with Gasteiger partial charge in [-0.05, 0) is 48.4 Å². The van der Waals surface area contributed by atoms with Crippen LogP contribution in [0.4, 0.5) is 0 Å². The van der Waals surface area contributed by atoms with Crippen molar-refractivity contribution in [2.75, 3.05) is 20.3 Å². The minimum Gasteiger partial charge on any atom is -0.497 e. The van der Waals surface area contributed by atoms with Crippen LogP contribution in [0, 0.1) is 5.41 Å². The maximum atomic E-state index is 11.9. The SMILES string of the molecule is COc1cccc(/C(C)=C/C(=O)NCCCC(C)(C)CO)c1. The van der Waals surface area contributed by atoms with Gasteiger partial charge in [0.05, 0.1) is 7.11 Å². The van der Waals surface area contributed by atoms with Gasteiger partial charge in [0.25, 0.3) is 0 Å². The van der Waals surface area contributed by atoms with E-state index in [9.17, 15) is 9.90 Å². The Morgan fingerprint density at radius 1 is 1.41 bits per heavy atom. The average Bonchev–Trinajstić information content (AvgIpc) is 2.51. The summed E-state index contributed by atoms with van der Waals surface area (Å²) in [6.45, 7) is 6.71. The van der Waals surface area contributed by atoms with Crippen LogP contribution in [0.1, 0.15) is 39.2 Å². The van der Waals surface area contributed by atoms with Crippen molar-refractivity contribution >= 4 is 11.5 Å². The molecule has 0 saturated heterocycles. The van der Waals surface area contributed by atoms with Gasteiger partial charge in [-0.2, -0.15) is 0 Å². The molecule has 1 aromatic carbocycles. The molecule has 0 unspecified atom stereocenters. The molecule has 0 aliphatic rings. The standard InChI is InChI=1S/C18H27NO3/c1-14(15-7-5-8-16(12-15)22-4)11-17(21)19-10-6-9-18(2,3)13-20/h5,7-8,11-12,20H,6,9-10,13H2,1-4H3,(H,19,21)/b14-11+. The first-order valence-electron chi connectivity index (χ1n) is 7.59. The Hall–Kier alpha value is -1.81. The van der Waals surface area contributed by atoms with Gasteiger partial charge in [-0.15, -0.1) is 0 Å². The van der Waals surface area contributed by atoms with Gasteiger partial charge in [-0.25, -0.2) is 0 Å². The molecule has 0 radical (unpaired) electrons. The molecule has 0 aliphatic carbocycles. The molecule has 4 nitrogen and oxygen atoms in total. The fourth-order valence-electron chi connectivity index (χ4n) is 2.06. The van der Waals surface area contributed by atoms with Gasteiger partial charge >= 0.3 is 0 Å². The van der Waals surface area contributed by atoms with E-state index in [-0.39, 0.29) is 17.9 Å². The summed E-state index contributed by atoms with van der Waals surface area (Å²) in [5.74, 6) is 0.680. The van der Waals surface area contributed by atoms with E-state index < -0.39 is 0 Å². The number of aliphatic hydroxyl groups excluding tert-OH is 1. The summed E-state index contributed by atoms with van der Waals surface area (Å²) in [6.07, 6.45) is 3.33. The van der Waals surface area contributed by atoms with Crippen LogP contribution in [0.15, 0.2) is 30.3 Å². The lowest BCUT2D eigenvalue weighted by atomic mass is 9.89. The van der Waals surface area contributed by atoms with Crippen LogP contribution < -0.4 is 10.1 Å². The van der Waals surface area contributed by atoms with Crippen molar-refractivity contribution in [1.82, 2.24) is 5.32 Å². The Balaban J connectivity index is 2.48. The van der Waals surface area contributed by atoms with Gasteiger partial charge in [-0.3, -0.25) is 4.79 Å². The number of hydrogen-bond acceptors (Lipinski definition) is 3. The van der Waals surface area contributed by atoms with Crippen molar-refractivity contribution in [2.45, 2.75) is 33.6 Å². The predicted octanol–water partition coefficient (Wildman–Crippen LogP) is 3.01. The lowest BCUT2D eigenvalue weighted by Crippen LogP contribution is -2.25. The molecule has 0 aliphatic heterocycles. The van der Waals surface area contributed by atoms with Crippen molar-refractivity contribution in [3.8, 4) is 5.75 Å². The van der Waals surface area contributed by atoms with Crippen LogP contribution in [0.3, 0.4) is 0 Å². The van der Waals surface area contributed by atoms with Crippen LogP contribution in [-0.4, -0.2) is 31.3 Å². The maximum Gasteiger partial charge on any atom is 0.244 e. The molecule has 2 N–H and O–H groups in total. The van der Waals surface area contributed by atoms with E-state index in [1.165, 1.54) is 0 Å². The summed E-state index contributed by atoms with van der Waals surface area (Å²) >= 11 is 0. The monoisotopic (exact) mass is 305 g/mol. The molecule has 1 rings (SSSR count). The highest BCUT2D eigenvalue weighted by molar-refractivity contribution is 5.94. The fraction of sp³-hybridized carbons (Fsp3) is 0.500. The number of carbonyl (C=O) groups excluding carboxylic acids is 1. The molecule has 0 fully saturated rings. The van der Waals surface area contributed by atoms with Gasteiger partial charge in [0.2, 0.25) is 5.91 Å². The zero-order valence-electron chi connectivity index (χ0n) is 14.0. The first-order valence-corrected chi connectivity index (χ1v) is 7.59. The van der Waals surface area contributed by atoms with Gasteiger partial charge in [0.15, 0.2) is 0 Å². The van der Waals surface area contributed by atoms with Gasteiger partial charge in [-0.1, -0.05) is 26.0 Å². The van der Waals surface area contributed by atoms with Crippen LogP contribution in [0.5, 0.6) is 5.75 Å². The smallest absolute Gasteiger partial charge is 0.244 e. The second kappa shape index (κ2) is 8.59. The minimum absolute atomic E-state index is 0.0862. The summed E-state index contributed by atoms with van der Waals surface area (Å²) in [7, 11) is 1.62. The number of allylic oxidation sites excluding steroid dienone is 1. The van der Waals surface area contributed by atoms with E-state index in [1.54, 1.807) is 13.2 Å². The second-order valence-electron chi connectivity index (χ2n) is 6.28. The number of amides is 1. The second-order valence-corrected chi connectivity index (χ2v) is 6.28. The molecule has 0 heterocycles. The largest absolute Gasteiger partial charge is 0.497 e. The normalized spacial score (nSPS) is 12.1. The molecule has 22 heavy (non-hydrogen) atoms. The molecule has 1 amide bonds. The van der Waals surface area contributed by atoms with Gasteiger partial charge in [0, 0.05) is 19.2 Å². The number of ether oxygens (including phenoxy) is 1. The van der Waals surface area contributed by atoms with Crippen LogP contribution in [-0.2, 0) is 4.79 Å². The molecule has 0 spiro atoms. The van der Waals surface area contributed by atoms with Crippen LogP contribution in [0.2, 0.25) is 0 Å². The molecule has 0 aromatic heterocycles. The van der Waals surface area contributed by atoms with Crippen molar-refractivity contribution in [3.63, 3.8) is 0 Å². The first kappa shape index (κ1) is 18.2. The highest BCUT2D eigenvalue weighted by atomic mass is 16.5. The lowest BCUT2D eigenvalue weighted by Gasteiger charge is -2.21. The van der Waals surface area contributed by atoms with Crippen molar-refractivity contribution in [2.24, 2.45) is 5.41 Å². The third kappa shape index (κ3) is 6.31. The van der Waals surface area contributed by atoms with Crippen LogP contribution >= 0.6 is 0 Å². The maximum absolute atomic E-state index is 11.9. The molecule has 1 aromatic rings. The fourth-order valence-corrected chi connectivity index (χ4v) is 2.06. The van der Waals surface area contributed by atoms with E-state index in [4.69, 9.17) is 4.74 Å². The molecule has 122 valence electrons. The van der Waals surface area contributed by atoms with Crippen LogP contribution in [0.25, 0.3) is 5.57 Å². The summed E-state index contributed by atoms with van der Waals surface area (Å²) in [5.41, 5.74) is 1.78. The number of carbonyl (C=O) groups is 1.